The number of carbonyl (C=O) groups is 1. The van der Waals surface area contributed by atoms with Crippen LogP contribution < -0.4 is 0 Å². The summed E-state index contributed by atoms with van der Waals surface area (Å²) in [5, 5.41) is 4.59. The number of carbonyl (C=O) groups excluding carboxylic acids is 1. The molecule has 1 amide bonds. The van der Waals surface area contributed by atoms with E-state index in [0.717, 1.165) is 0 Å². The predicted molar refractivity (Wildman–Crippen MR) is 98.6 cm³/mol. The number of hydrogen-bond acceptors (Lipinski definition) is 5. The number of aryl methyl sites for hydroxylation is 1. The molecule has 1 saturated heterocycles. The second kappa shape index (κ2) is 6.46. The highest BCUT2D eigenvalue weighted by atomic mass is 32.2. The van der Waals surface area contributed by atoms with Crippen LogP contribution in [0.25, 0.3) is 11.0 Å². The maximum Gasteiger partial charge on any atom is 0.272 e. The lowest BCUT2D eigenvalue weighted by Crippen LogP contribution is -2.55. The Balaban J connectivity index is 1.58. The van der Waals surface area contributed by atoms with Crippen molar-refractivity contribution in [1.82, 2.24) is 29.0 Å². The number of pyridine rings is 1. The van der Waals surface area contributed by atoms with E-state index in [1.165, 1.54) is 15.2 Å². The van der Waals surface area contributed by atoms with E-state index in [9.17, 15) is 13.2 Å². The van der Waals surface area contributed by atoms with Gasteiger partial charge >= 0.3 is 0 Å². The fourth-order valence-electron chi connectivity index (χ4n) is 3.50. The van der Waals surface area contributed by atoms with Gasteiger partial charge in [0.2, 0.25) is 10.0 Å². The number of piperazine rings is 1. The van der Waals surface area contributed by atoms with Crippen LogP contribution in [-0.4, -0.2) is 69.0 Å². The first-order chi connectivity index (χ1) is 12.9. The van der Waals surface area contributed by atoms with Crippen LogP contribution in [0.2, 0.25) is 0 Å². The summed E-state index contributed by atoms with van der Waals surface area (Å²) in [4.78, 5) is 21.6. The molecule has 142 valence electrons. The number of sulfonamides is 1. The fraction of sp³-hybridized carbons (Fsp3) is 0.353. The highest BCUT2D eigenvalue weighted by molar-refractivity contribution is 7.89. The Hall–Kier alpha value is -2.72. The summed E-state index contributed by atoms with van der Waals surface area (Å²) < 4.78 is 29.4. The molecule has 0 aliphatic carbocycles. The molecule has 1 aliphatic heterocycles. The minimum absolute atomic E-state index is 0.143. The number of amides is 1. The Morgan fingerprint density at radius 1 is 1.26 bits per heavy atom. The van der Waals surface area contributed by atoms with Crippen LogP contribution in [0.15, 0.2) is 41.7 Å². The molecule has 0 unspecified atom stereocenters. The molecule has 1 aliphatic rings. The second-order valence-electron chi connectivity index (χ2n) is 6.61. The SMILES string of the molecule is C[C@@H]1CN(C(=O)c2ccnn2C)CCN1S(=O)(=O)c1c[nH]c2ncccc12. The van der Waals surface area contributed by atoms with Crippen molar-refractivity contribution >= 4 is 27.0 Å². The van der Waals surface area contributed by atoms with Gasteiger partial charge in [0.1, 0.15) is 16.2 Å². The standard InChI is InChI=1S/C17H20N6O3S/c1-12-11-22(17(24)14-5-7-20-21(14)2)8-9-23(12)27(25,26)15-10-19-16-13(15)4-3-6-18-16/h3-7,10,12H,8-9,11H2,1-2H3,(H,18,19)/t12-/m1/s1. The van der Waals surface area contributed by atoms with E-state index in [4.69, 9.17) is 0 Å². The van der Waals surface area contributed by atoms with Crippen molar-refractivity contribution in [3.05, 3.63) is 42.5 Å². The third kappa shape index (κ3) is 2.90. The first-order valence-electron chi connectivity index (χ1n) is 8.61. The molecule has 27 heavy (non-hydrogen) atoms. The summed E-state index contributed by atoms with van der Waals surface area (Å²) in [6.45, 7) is 2.70. The topological polar surface area (TPSA) is 104 Å². The maximum absolute atomic E-state index is 13.2. The van der Waals surface area contributed by atoms with Crippen molar-refractivity contribution in [3.8, 4) is 0 Å². The smallest absolute Gasteiger partial charge is 0.272 e. The third-order valence-electron chi connectivity index (χ3n) is 4.89. The van der Waals surface area contributed by atoms with Gasteiger partial charge in [-0.2, -0.15) is 9.40 Å². The van der Waals surface area contributed by atoms with Crippen LogP contribution >= 0.6 is 0 Å². The molecular formula is C17H20N6O3S. The number of nitrogens with one attached hydrogen (secondary N) is 1. The van der Waals surface area contributed by atoms with Crippen molar-refractivity contribution in [3.63, 3.8) is 0 Å². The van der Waals surface area contributed by atoms with Crippen molar-refractivity contribution in [2.75, 3.05) is 19.6 Å². The van der Waals surface area contributed by atoms with Gasteiger partial charge in [-0.3, -0.25) is 9.48 Å². The Kier molecular flexibility index (Phi) is 4.23. The van der Waals surface area contributed by atoms with E-state index in [1.807, 2.05) is 6.92 Å². The lowest BCUT2D eigenvalue weighted by Gasteiger charge is -2.38. The number of aromatic amines is 1. The van der Waals surface area contributed by atoms with Gasteiger partial charge in [0.05, 0.1) is 0 Å². The van der Waals surface area contributed by atoms with E-state index < -0.39 is 10.0 Å². The van der Waals surface area contributed by atoms with Crippen LogP contribution in [0, 0.1) is 0 Å². The Bertz CT molecular complexity index is 1100. The van der Waals surface area contributed by atoms with Gasteiger partial charge in [-0.1, -0.05) is 0 Å². The summed E-state index contributed by atoms with van der Waals surface area (Å²) in [6, 6.07) is 4.76. The molecule has 0 spiro atoms. The number of hydrogen-bond donors (Lipinski definition) is 1. The van der Waals surface area contributed by atoms with Crippen molar-refractivity contribution in [2.24, 2.45) is 7.05 Å². The highest BCUT2D eigenvalue weighted by Gasteiger charge is 2.37. The minimum atomic E-state index is -3.70. The highest BCUT2D eigenvalue weighted by Crippen LogP contribution is 2.27. The molecule has 9 nitrogen and oxygen atoms in total. The average Bonchev–Trinajstić information content (AvgIpc) is 3.27. The van der Waals surface area contributed by atoms with Crippen LogP contribution in [0.5, 0.6) is 0 Å². The summed E-state index contributed by atoms with van der Waals surface area (Å²) in [7, 11) is -1.99. The molecular weight excluding hydrogens is 368 g/mol. The lowest BCUT2D eigenvalue weighted by molar-refractivity contribution is 0.0631. The van der Waals surface area contributed by atoms with E-state index in [-0.39, 0.29) is 23.4 Å². The minimum Gasteiger partial charge on any atom is -0.345 e. The first-order valence-corrected chi connectivity index (χ1v) is 10.0. The monoisotopic (exact) mass is 388 g/mol. The normalized spacial score (nSPS) is 18.9. The molecule has 0 saturated carbocycles. The fourth-order valence-corrected chi connectivity index (χ4v) is 5.26. The number of H-pyrrole nitrogens is 1. The van der Waals surface area contributed by atoms with Crippen LogP contribution in [0.1, 0.15) is 17.4 Å². The summed E-state index contributed by atoms with van der Waals surface area (Å²) >= 11 is 0. The maximum atomic E-state index is 13.2. The first kappa shape index (κ1) is 17.7. The molecule has 1 fully saturated rings. The number of fused-ring (bicyclic) bond motifs is 1. The number of nitrogens with zero attached hydrogens (tertiary/aromatic N) is 5. The Morgan fingerprint density at radius 3 is 2.78 bits per heavy atom. The number of aromatic nitrogens is 4. The van der Waals surface area contributed by atoms with E-state index in [0.29, 0.717) is 29.8 Å². The Morgan fingerprint density at radius 2 is 2.07 bits per heavy atom. The average molecular weight is 388 g/mol. The van der Waals surface area contributed by atoms with Gasteiger partial charge in [0.25, 0.3) is 5.91 Å². The van der Waals surface area contributed by atoms with Gasteiger partial charge in [-0.05, 0) is 25.1 Å². The molecule has 0 aromatic carbocycles. The zero-order valence-corrected chi connectivity index (χ0v) is 15.8. The molecule has 0 radical (unpaired) electrons. The Labute approximate surface area is 156 Å². The number of rotatable bonds is 3. The molecule has 4 heterocycles. The van der Waals surface area contributed by atoms with Gasteiger partial charge < -0.3 is 9.88 Å². The molecule has 3 aromatic heterocycles. The van der Waals surface area contributed by atoms with Gasteiger partial charge in [0.15, 0.2) is 0 Å². The zero-order chi connectivity index (χ0) is 19.2. The van der Waals surface area contributed by atoms with E-state index >= 15 is 0 Å². The predicted octanol–water partition coefficient (Wildman–Crippen LogP) is 0.832. The van der Waals surface area contributed by atoms with Crippen molar-refractivity contribution in [1.29, 1.82) is 0 Å². The summed E-state index contributed by atoms with van der Waals surface area (Å²) in [6.07, 6.45) is 4.66. The quantitative estimate of drug-likeness (QED) is 0.716. The van der Waals surface area contributed by atoms with Crippen LogP contribution in [-0.2, 0) is 17.1 Å². The lowest BCUT2D eigenvalue weighted by atomic mass is 10.2. The molecule has 0 bridgehead atoms. The van der Waals surface area contributed by atoms with Gasteiger partial charge in [0, 0.05) is 56.7 Å². The second-order valence-corrected chi connectivity index (χ2v) is 8.47. The van der Waals surface area contributed by atoms with Crippen molar-refractivity contribution in [2.45, 2.75) is 17.9 Å². The summed E-state index contributed by atoms with van der Waals surface area (Å²) in [5.41, 5.74) is 1.02. The van der Waals surface area contributed by atoms with E-state index in [2.05, 4.69) is 15.1 Å². The largest absolute Gasteiger partial charge is 0.345 e. The molecule has 4 rings (SSSR count). The molecule has 1 N–H and O–H groups in total. The summed E-state index contributed by atoms with van der Waals surface area (Å²) in [5.74, 6) is -0.143. The van der Waals surface area contributed by atoms with E-state index in [1.54, 1.807) is 42.5 Å². The zero-order valence-electron chi connectivity index (χ0n) is 15.0. The molecule has 1 atom stereocenters. The molecule has 3 aromatic rings. The van der Waals surface area contributed by atoms with Gasteiger partial charge in [-0.25, -0.2) is 13.4 Å². The molecule has 10 heteroatoms. The van der Waals surface area contributed by atoms with Gasteiger partial charge in [-0.15, -0.1) is 0 Å². The van der Waals surface area contributed by atoms with Crippen molar-refractivity contribution < 1.29 is 13.2 Å². The van der Waals surface area contributed by atoms with Crippen LogP contribution in [0.3, 0.4) is 0 Å². The third-order valence-corrected chi connectivity index (χ3v) is 6.95. The van der Waals surface area contributed by atoms with Crippen LogP contribution in [0.4, 0.5) is 0 Å².